The molecule has 0 aromatic heterocycles. The van der Waals surface area contributed by atoms with Gasteiger partial charge in [-0.2, -0.15) is 0 Å². The highest BCUT2D eigenvalue weighted by Crippen LogP contribution is 2.32. The molecule has 1 unspecified atom stereocenters. The number of hydrogen-bond acceptors (Lipinski definition) is 3. The van der Waals surface area contributed by atoms with Gasteiger partial charge < -0.3 is 10.2 Å². The third-order valence-corrected chi connectivity index (χ3v) is 5.58. The van der Waals surface area contributed by atoms with E-state index in [1.165, 1.54) is 71.4 Å². The average Bonchev–Trinajstić information content (AvgIpc) is 3.00. The van der Waals surface area contributed by atoms with Crippen LogP contribution in [0.25, 0.3) is 0 Å². The van der Waals surface area contributed by atoms with Crippen molar-refractivity contribution in [2.75, 3.05) is 39.3 Å². The first kappa shape index (κ1) is 13.8. The quantitative estimate of drug-likeness (QED) is 0.841. The molecule has 110 valence electrons. The smallest absolute Gasteiger partial charge is 0.0309 e. The van der Waals surface area contributed by atoms with Crippen molar-refractivity contribution in [3.63, 3.8) is 0 Å². The van der Waals surface area contributed by atoms with Gasteiger partial charge in [0.2, 0.25) is 0 Å². The molecule has 1 atom stereocenters. The first-order chi connectivity index (χ1) is 9.17. The summed E-state index contributed by atoms with van der Waals surface area (Å²) in [5, 5.41) is 3.82. The average molecular weight is 265 g/mol. The molecule has 0 bridgehead atoms. The Labute approximate surface area is 118 Å². The van der Waals surface area contributed by atoms with E-state index >= 15 is 0 Å². The standard InChI is InChI=1S/C16H31N3/c1-14(2)19-9-5-15(12-19)11-18-10-8-17-16(13-18)6-3-4-7-16/h14-15,17H,3-13H2,1-2H3. The van der Waals surface area contributed by atoms with Gasteiger partial charge in [0, 0.05) is 44.3 Å². The van der Waals surface area contributed by atoms with Gasteiger partial charge in [0.05, 0.1) is 0 Å². The predicted octanol–water partition coefficient (Wildman–Crippen LogP) is 1.93. The molecule has 2 heterocycles. The first-order valence-corrected chi connectivity index (χ1v) is 8.38. The molecule has 3 fully saturated rings. The third-order valence-electron chi connectivity index (χ3n) is 5.58. The van der Waals surface area contributed by atoms with Crippen molar-refractivity contribution in [2.24, 2.45) is 5.92 Å². The van der Waals surface area contributed by atoms with Gasteiger partial charge in [-0.25, -0.2) is 0 Å². The Morgan fingerprint density at radius 3 is 2.68 bits per heavy atom. The number of piperazine rings is 1. The fourth-order valence-electron chi connectivity index (χ4n) is 4.43. The Hall–Kier alpha value is -0.120. The van der Waals surface area contributed by atoms with Gasteiger partial charge in [0.15, 0.2) is 0 Å². The second-order valence-corrected chi connectivity index (χ2v) is 7.39. The maximum atomic E-state index is 3.82. The molecule has 19 heavy (non-hydrogen) atoms. The maximum absolute atomic E-state index is 3.82. The Bertz CT molecular complexity index is 296. The van der Waals surface area contributed by atoms with E-state index in [0.29, 0.717) is 5.54 Å². The SMILES string of the molecule is CC(C)N1CCC(CN2CCNC3(CCCC3)C2)C1. The lowest BCUT2D eigenvalue weighted by molar-refractivity contribution is 0.117. The maximum Gasteiger partial charge on any atom is 0.0309 e. The second-order valence-electron chi connectivity index (χ2n) is 7.39. The van der Waals surface area contributed by atoms with E-state index < -0.39 is 0 Å². The van der Waals surface area contributed by atoms with E-state index in [4.69, 9.17) is 0 Å². The van der Waals surface area contributed by atoms with Crippen LogP contribution in [0.15, 0.2) is 0 Å². The molecule has 0 radical (unpaired) electrons. The second kappa shape index (κ2) is 5.71. The van der Waals surface area contributed by atoms with E-state index in [9.17, 15) is 0 Å². The summed E-state index contributed by atoms with van der Waals surface area (Å²) in [5.41, 5.74) is 0.495. The number of nitrogens with one attached hydrogen (secondary N) is 1. The Morgan fingerprint density at radius 1 is 1.21 bits per heavy atom. The van der Waals surface area contributed by atoms with Gasteiger partial charge in [-0.15, -0.1) is 0 Å². The predicted molar refractivity (Wildman–Crippen MR) is 80.5 cm³/mol. The molecular weight excluding hydrogens is 234 g/mol. The van der Waals surface area contributed by atoms with Crippen molar-refractivity contribution in [2.45, 2.75) is 57.5 Å². The van der Waals surface area contributed by atoms with Crippen LogP contribution in [0.3, 0.4) is 0 Å². The minimum absolute atomic E-state index is 0.495. The third kappa shape index (κ3) is 3.14. The van der Waals surface area contributed by atoms with Crippen LogP contribution in [0, 0.1) is 5.92 Å². The first-order valence-electron chi connectivity index (χ1n) is 8.38. The topological polar surface area (TPSA) is 18.5 Å². The molecule has 3 heteroatoms. The van der Waals surface area contributed by atoms with Crippen LogP contribution in [-0.2, 0) is 0 Å². The molecule has 1 saturated carbocycles. The van der Waals surface area contributed by atoms with Gasteiger partial charge in [-0.1, -0.05) is 12.8 Å². The summed E-state index contributed by atoms with van der Waals surface area (Å²) in [4.78, 5) is 5.41. The van der Waals surface area contributed by atoms with E-state index in [1.807, 2.05) is 0 Å². The molecule has 3 nitrogen and oxygen atoms in total. The molecule has 2 saturated heterocycles. The molecule has 1 spiro atoms. The summed E-state index contributed by atoms with van der Waals surface area (Å²) in [7, 11) is 0. The van der Waals surface area contributed by atoms with Crippen molar-refractivity contribution in [1.82, 2.24) is 15.1 Å². The van der Waals surface area contributed by atoms with Crippen molar-refractivity contribution in [1.29, 1.82) is 0 Å². The van der Waals surface area contributed by atoms with Crippen molar-refractivity contribution in [3.05, 3.63) is 0 Å². The molecule has 3 aliphatic rings. The van der Waals surface area contributed by atoms with Crippen molar-refractivity contribution < 1.29 is 0 Å². The minimum atomic E-state index is 0.495. The molecule has 0 aromatic rings. The highest BCUT2D eigenvalue weighted by molar-refractivity contribution is 4.98. The summed E-state index contributed by atoms with van der Waals surface area (Å²) in [6.45, 7) is 12.4. The zero-order valence-corrected chi connectivity index (χ0v) is 12.8. The van der Waals surface area contributed by atoms with Crippen LogP contribution in [0.2, 0.25) is 0 Å². The normalized spacial score (nSPS) is 32.7. The zero-order chi connectivity index (χ0) is 13.3. The molecule has 3 rings (SSSR count). The summed E-state index contributed by atoms with van der Waals surface area (Å²) >= 11 is 0. The van der Waals surface area contributed by atoms with Crippen LogP contribution < -0.4 is 5.32 Å². The number of rotatable bonds is 3. The summed E-state index contributed by atoms with van der Waals surface area (Å²) < 4.78 is 0. The van der Waals surface area contributed by atoms with Gasteiger partial charge in [0.1, 0.15) is 0 Å². The number of hydrogen-bond donors (Lipinski definition) is 1. The molecule has 0 amide bonds. The summed E-state index contributed by atoms with van der Waals surface area (Å²) in [6.07, 6.45) is 7.10. The van der Waals surface area contributed by atoms with E-state index in [1.54, 1.807) is 0 Å². The van der Waals surface area contributed by atoms with E-state index in [0.717, 1.165) is 12.0 Å². The van der Waals surface area contributed by atoms with Gasteiger partial charge >= 0.3 is 0 Å². The van der Waals surface area contributed by atoms with Gasteiger partial charge in [-0.3, -0.25) is 4.90 Å². The van der Waals surface area contributed by atoms with Crippen LogP contribution in [0.4, 0.5) is 0 Å². The monoisotopic (exact) mass is 265 g/mol. The molecule has 2 aliphatic heterocycles. The largest absolute Gasteiger partial charge is 0.309 e. The van der Waals surface area contributed by atoms with Crippen LogP contribution in [0.5, 0.6) is 0 Å². The molecule has 0 aromatic carbocycles. The van der Waals surface area contributed by atoms with Gasteiger partial charge in [0.25, 0.3) is 0 Å². The van der Waals surface area contributed by atoms with E-state index in [2.05, 4.69) is 29.0 Å². The van der Waals surface area contributed by atoms with Crippen LogP contribution in [-0.4, -0.2) is 60.6 Å². The number of likely N-dealkylation sites (tertiary alicyclic amines) is 1. The summed E-state index contributed by atoms with van der Waals surface area (Å²) in [6, 6.07) is 0.731. The van der Waals surface area contributed by atoms with Crippen molar-refractivity contribution >= 4 is 0 Å². The highest BCUT2D eigenvalue weighted by atomic mass is 15.2. The Morgan fingerprint density at radius 2 is 2.00 bits per heavy atom. The lowest BCUT2D eigenvalue weighted by Crippen LogP contribution is -2.59. The fourth-order valence-corrected chi connectivity index (χ4v) is 4.43. The van der Waals surface area contributed by atoms with Crippen molar-refractivity contribution in [3.8, 4) is 0 Å². The van der Waals surface area contributed by atoms with Gasteiger partial charge in [-0.05, 0) is 45.6 Å². The van der Waals surface area contributed by atoms with E-state index in [-0.39, 0.29) is 0 Å². The fraction of sp³-hybridized carbons (Fsp3) is 1.00. The molecular formula is C16H31N3. The Balaban J connectivity index is 1.50. The lowest BCUT2D eigenvalue weighted by Gasteiger charge is -2.42. The minimum Gasteiger partial charge on any atom is -0.309 e. The zero-order valence-electron chi connectivity index (χ0n) is 12.8. The lowest BCUT2D eigenvalue weighted by atomic mass is 9.94. The van der Waals surface area contributed by atoms with Crippen LogP contribution in [0.1, 0.15) is 46.0 Å². The van der Waals surface area contributed by atoms with Crippen LogP contribution >= 0.6 is 0 Å². The highest BCUT2D eigenvalue weighted by Gasteiger charge is 2.38. The summed E-state index contributed by atoms with van der Waals surface area (Å²) in [5.74, 6) is 0.916. The molecule has 1 N–H and O–H groups in total. The molecule has 1 aliphatic carbocycles. The Kier molecular flexibility index (Phi) is 4.16. The number of nitrogens with zero attached hydrogens (tertiary/aromatic N) is 2.